The Labute approximate surface area is 424 Å². The highest BCUT2D eigenvalue weighted by atomic mass is 35.5. The number of morpholine rings is 2. The number of urea groups is 2. The highest BCUT2D eigenvalue weighted by Crippen LogP contribution is 2.36. The molecule has 6 aromatic carbocycles. The summed E-state index contributed by atoms with van der Waals surface area (Å²) in [4.78, 5) is 47.2. The smallest absolute Gasteiger partial charge is 0.417 e. The van der Waals surface area contributed by atoms with Gasteiger partial charge in [0.25, 0.3) is 0 Å². The Bertz CT molecular complexity index is 3260. The Morgan fingerprint density at radius 1 is 0.507 bits per heavy atom. The molecule has 4 amide bonds. The van der Waals surface area contributed by atoms with Gasteiger partial charge in [0.15, 0.2) is 0 Å². The molecule has 0 saturated carbocycles. The third kappa shape index (κ3) is 13.3. The minimum Gasteiger partial charge on any atom is -0.457 e. The van der Waals surface area contributed by atoms with E-state index in [1.54, 1.807) is 73.1 Å². The minimum absolute atomic E-state index is 0.0115. The fourth-order valence-corrected chi connectivity index (χ4v) is 7.79. The molecule has 374 valence electrons. The zero-order valence-corrected chi connectivity index (χ0v) is 39.8. The van der Waals surface area contributed by atoms with Gasteiger partial charge in [-0.1, -0.05) is 23.2 Å². The predicted molar refractivity (Wildman–Crippen MR) is 271 cm³/mol. The summed E-state index contributed by atoms with van der Waals surface area (Å²) in [6, 6.07) is 30.3. The fraction of sp³-hybridized carbons (Fsp3) is 0.176. The first kappa shape index (κ1) is 49.9. The Morgan fingerprint density at radius 2 is 0.904 bits per heavy atom. The molecule has 10 rings (SSSR count). The molecule has 0 aliphatic carbocycles. The van der Waals surface area contributed by atoms with Crippen LogP contribution in [0.25, 0.3) is 22.1 Å². The van der Waals surface area contributed by atoms with E-state index in [0.717, 1.165) is 72.6 Å². The van der Waals surface area contributed by atoms with Gasteiger partial charge in [-0.2, -0.15) is 13.2 Å². The van der Waals surface area contributed by atoms with E-state index in [1.807, 2.05) is 24.3 Å². The number of halogens is 6. The molecule has 0 bridgehead atoms. The first-order valence-corrected chi connectivity index (χ1v) is 23.3. The van der Waals surface area contributed by atoms with Crippen molar-refractivity contribution < 1.29 is 46.1 Å². The van der Waals surface area contributed by atoms with Crippen LogP contribution in [0.5, 0.6) is 23.0 Å². The van der Waals surface area contributed by atoms with Gasteiger partial charge in [0.05, 0.1) is 76.5 Å². The molecule has 0 unspecified atom stereocenters. The number of alkyl halides is 3. The van der Waals surface area contributed by atoms with Crippen molar-refractivity contribution in [2.24, 2.45) is 0 Å². The molecule has 4 N–H and O–H groups in total. The van der Waals surface area contributed by atoms with Gasteiger partial charge in [-0.3, -0.25) is 9.97 Å². The maximum atomic E-state index is 13.5. The SMILES string of the molecule is O=C(Nc1ccc(Oc2ccc3ncc(N4CCOCC4)nc3c2)cc1)Nc1ccc(Cl)c(C(F)(F)F)c1.O=C(Nc1ccc(Oc2ccc3ncc(N4CCOCC4)nc3c2)cc1)Nc1ccc(Cl)c(F)c1. The van der Waals surface area contributed by atoms with Gasteiger partial charge in [0.2, 0.25) is 0 Å². The molecule has 0 atom stereocenters. The first-order chi connectivity index (χ1) is 35.3. The molecule has 0 radical (unpaired) electrons. The molecular formula is C51H42Cl2F4N10O6. The number of hydrogen-bond donors (Lipinski definition) is 4. The van der Waals surface area contributed by atoms with Crippen molar-refractivity contribution in [3.63, 3.8) is 0 Å². The van der Waals surface area contributed by atoms with Crippen molar-refractivity contribution in [3.8, 4) is 23.0 Å². The number of nitrogens with one attached hydrogen (secondary N) is 4. The summed E-state index contributed by atoms with van der Waals surface area (Å²) in [5, 5.41) is 9.71. The van der Waals surface area contributed by atoms with Gasteiger partial charge in [0.1, 0.15) is 40.5 Å². The van der Waals surface area contributed by atoms with E-state index < -0.39 is 34.6 Å². The Morgan fingerprint density at radius 3 is 1.34 bits per heavy atom. The number of amides is 4. The van der Waals surface area contributed by atoms with E-state index in [9.17, 15) is 27.2 Å². The highest BCUT2D eigenvalue weighted by Gasteiger charge is 2.33. The minimum atomic E-state index is -4.64. The highest BCUT2D eigenvalue weighted by molar-refractivity contribution is 6.31. The summed E-state index contributed by atoms with van der Waals surface area (Å²) < 4.78 is 75.4. The lowest BCUT2D eigenvalue weighted by atomic mass is 10.2. The molecular weight excluding hydrogens is 996 g/mol. The van der Waals surface area contributed by atoms with E-state index in [1.165, 1.54) is 18.2 Å². The molecule has 4 heterocycles. The lowest BCUT2D eigenvalue weighted by Gasteiger charge is -2.27. The molecule has 2 fully saturated rings. The van der Waals surface area contributed by atoms with Gasteiger partial charge in [-0.25, -0.2) is 23.9 Å². The van der Waals surface area contributed by atoms with Crippen LogP contribution in [0.4, 0.5) is 61.5 Å². The summed E-state index contributed by atoms with van der Waals surface area (Å²) >= 11 is 11.3. The monoisotopic (exact) mass is 1040 g/mol. The quantitative estimate of drug-likeness (QED) is 0.0955. The van der Waals surface area contributed by atoms with Crippen molar-refractivity contribution in [1.29, 1.82) is 0 Å². The summed E-state index contributed by atoms with van der Waals surface area (Å²) in [7, 11) is 0. The molecule has 73 heavy (non-hydrogen) atoms. The van der Waals surface area contributed by atoms with Gasteiger partial charge in [-0.15, -0.1) is 0 Å². The van der Waals surface area contributed by atoms with Crippen LogP contribution in [-0.2, 0) is 15.7 Å². The van der Waals surface area contributed by atoms with Crippen LogP contribution in [-0.4, -0.2) is 84.6 Å². The topological polar surface area (TPSA) is 177 Å². The Balaban J connectivity index is 0.000000180. The number of benzene rings is 6. The molecule has 2 aliphatic heterocycles. The van der Waals surface area contributed by atoms with Crippen LogP contribution in [0, 0.1) is 5.82 Å². The number of carbonyl (C=O) groups is 2. The van der Waals surface area contributed by atoms with Gasteiger partial charge in [-0.05, 0) is 109 Å². The lowest BCUT2D eigenvalue weighted by Crippen LogP contribution is -2.36. The first-order valence-electron chi connectivity index (χ1n) is 22.5. The number of anilines is 6. The van der Waals surface area contributed by atoms with Crippen molar-refractivity contribution >= 4 is 91.7 Å². The second-order valence-corrected chi connectivity index (χ2v) is 17.0. The molecule has 0 spiro atoms. The average molecular weight is 1040 g/mol. The molecule has 2 aliphatic rings. The third-order valence-corrected chi connectivity index (χ3v) is 11.7. The maximum Gasteiger partial charge on any atom is 0.417 e. The zero-order valence-electron chi connectivity index (χ0n) is 38.3. The molecule has 8 aromatic rings. The predicted octanol–water partition coefficient (Wildman–Crippen LogP) is 12.3. The third-order valence-electron chi connectivity index (χ3n) is 11.1. The van der Waals surface area contributed by atoms with E-state index in [2.05, 4.69) is 41.0 Å². The van der Waals surface area contributed by atoms with E-state index in [4.69, 9.17) is 52.1 Å². The summed E-state index contributed by atoms with van der Waals surface area (Å²) in [6.45, 7) is 5.72. The average Bonchev–Trinajstić information content (AvgIpc) is 3.39. The van der Waals surface area contributed by atoms with Crippen LogP contribution in [0.3, 0.4) is 0 Å². The number of hydrogen-bond acceptors (Lipinski definition) is 12. The molecule has 2 saturated heterocycles. The van der Waals surface area contributed by atoms with Crippen molar-refractivity contribution in [1.82, 2.24) is 19.9 Å². The number of nitrogens with zero attached hydrogens (tertiary/aromatic N) is 6. The van der Waals surface area contributed by atoms with Crippen LogP contribution >= 0.6 is 23.2 Å². The van der Waals surface area contributed by atoms with Crippen molar-refractivity contribution in [3.05, 3.63) is 155 Å². The number of rotatable bonds is 10. The van der Waals surface area contributed by atoms with Crippen molar-refractivity contribution in [2.75, 3.05) is 83.7 Å². The Hall–Kier alpha value is -8.04. The van der Waals surface area contributed by atoms with Crippen molar-refractivity contribution in [2.45, 2.75) is 6.18 Å². The summed E-state index contributed by atoms with van der Waals surface area (Å²) in [5.41, 5.74) is 3.12. The maximum absolute atomic E-state index is 13.5. The molecule has 2 aromatic heterocycles. The van der Waals surface area contributed by atoms with E-state index >= 15 is 0 Å². The largest absolute Gasteiger partial charge is 0.457 e. The van der Waals surface area contributed by atoms with Gasteiger partial charge in [0, 0.05) is 61.1 Å². The van der Waals surface area contributed by atoms with Crippen LogP contribution < -0.4 is 40.5 Å². The molecule has 22 heteroatoms. The summed E-state index contributed by atoms with van der Waals surface area (Å²) in [5.74, 6) is 3.27. The van der Waals surface area contributed by atoms with E-state index in [0.29, 0.717) is 72.0 Å². The number of fused-ring (bicyclic) bond motifs is 2. The molecule has 16 nitrogen and oxygen atoms in total. The fourth-order valence-electron chi connectivity index (χ4n) is 7.45. The second-order valence-electron chi connectivity index (χ2n) is 16.2. The van der Waals surface area contributed by atoms with Crippen LogP contribution in [0.2, 0.25) is 10.0 Å². The van der Waals surface area contributed by atoms with Crippen LogP contribution in [0.15, 0.2) is 134 Å². The second kappa shape index (κ2) is 22.6. The van der Waals surface area contributed by atoms with E-state index in [-0.39, 0.29) is 10.7 Å². The number of ether oxygens (including phenoxy) is 4. The normalized spacial score (nSPS) is 13.7. The van der Waals surface area contributed by atoms with Gasteiger partial charge < -0.3 is 50.0 Å². The summed E-state index contributed by atoms with van der Waals surface area (Å²) in [6.07, 6.45) is -1.11. The lowest BCUT2D eigenvalue weighted by molar-refractivity contribution is -0.137. The standard InChI is InChI=1S/C26H21ClF3N5O3.C25H21ClFN5O3/c27-21-7-3-17(13-20(21)26(28,29)30)33-25(36)32-16-1-4-18(5-2-16)38-19-6-8-22-23(14-19)34-24(15-31-22)35-9-11-37-12-10-35;26-20-7-3-17(13-21(20)27)30-25(33)29-16-1-4-18(5-2-16)35-19-6-8-22-23(14-19)31-24(15-28-22)32-9-11-34-12-10-32/h1-8,13-15H,9-12H2,(H2,32,33,36);1-8,13-15H,9-12H2,(H2,29,30,33). The Kier molecular flexibility index (Phi) is 15.4. The number of aromatic nitrogens is 4. The van der Waals surface area contributed by atoms with Crippen LogP contribution in [0.1, 0.15) is 5.56 Å². The van der Waals surface area contributed by atoms with Gasteiger partial charge >= 0.3 is 18.2 Å². The number of carbonyl (C=O) groups excluding carboxylic acids is 2. The zero-order chi connectivity index (χ0) is 50.9.